The first kappa shape index (κ1) is 12.3. The topological polar surface area (TPSA) is 42.5 Å². The van der Waals surface area contributed by atoms with Gasteiger partial charge in [-0.25, -0.2) is 0 Å². The normalized spacial score (nSPS) is 25.9. The largest absolute Gasteiger partial charge is 0.381 e. The molecule has 0 bridgehead atoms. The lowest BCUT2D eigenvalue weighted by atomic mass is 10.3. The Morgan fingerprint density at radius 1 is 1.38 bits per heavy atom. The van der Waals surface area contributed by atoms with Crippen molar-refractivity contribution in [3.8, 4) is 0 Å². The van der Waals surface area contributed by atoms with Crippen LogP contribution in [0.15, 0.2) is 0 Å². The van der Waals surface area contributed by atoms with Gasteiger partial charge in [0.1, 0.15) is 0 Å². The Bertz CT molecular complexity index is 180. The van der Waals surface area contributed by atoms with Crippen molar-refractivity contribution in [3.63, 3.8) is 0 Å². The van der Waals surface area contributed by atoms with Gasteiger partial charge >= 0.3 is 0 Å². The van der Waals surface area contributed by atoms with E-state index in [2.05, 4.69) is 10.6 Å². The highest BCUT2D eigenvalue weighted by atomic mass is 16.5. The molecule has 1 unspecified atom stereocenters. The van der Waals surface area contributed by atoms with Crippen molar-refractivity contribution in [2.24, 2.45) is 5.92 Å². The minimum atomic E-state index is 0.487. The van der Waals surface area contributed by atoms with Crippen LogP contribution in [-0.2, 0) is 9.47 Å². The zero-order chi connectivity index (χ0) is 11.1. The average Bonchev–Trinajstić information content (AvgIpc) is 3.13. The predicted molar refractivity (Wildman–Crippen MR) is 63.6 cm³/mol. The second-order valence-corrected chi connectivity index (χ2v) is 4.80. The van der Waals surface area contributed by atoms with E-state index in [0.717, 1.165) is 58.4 Å². The van der Waals surface area contributed by atoms with E-state index >= 15 is 0 Å². The molecule has 4 nitrogen and oxygen atoms in total. The van der Waals surface area contributed by atoms with Gasteiger partial charge in [0, 0.05) is 32.3 Å². The summed E-state index contributed by atoms with van der Waals surface area (Å²) in [6.45, 7) is 6.61. The molecule has 2 fully saturated rings. The van der Waals surface area contributed by atoms with Crippen LogP contribution in [0.5, 0.6) is 0 Å². The SMILES string of the molecule is C(CNCC1COCCN1)COCC1CC1. The molecule has 2 N–H and O–H groups in total. The molecule has 0 aromatic carbocycles. The molecule has 1 saturated heterocycles. The van der Waals surface area contributed by atoms with Gasteiger partial charge in [-0.2, -0.15) is 0 Å². The molecule has 16 heavy (non-hydrogen) atoms. The van der Waals surface area contributed by atoms with E-state index in [1.807, 2.05) is 0 Å². The van der Waals surface area contributed by atoms with Crippen LogP contribution in [0.4, 0.5) is 0 Å². The number of morpholine rings is 1. The molecule has 0 aromatic heterocycles. The maximum Gasteiger partial charge on any atom is 0.0632 e. The zero-order valence-corrected chi connectivity index (χ0v) is 10.0. The van der Waals surface area contributed by atoms with Crippen LogP contribution in [-0.4, -0.2) is 52.1 Å². The molecular formula is C12H24N2O2. The van der Waals surface area contributed by atoms with Crippen LogP contribution < -0.4 is 10.6 Å². The molecule has 0 spiro atoms. The maximum absolute atomic E-state index is 5.57. The Hall–Kier alpha value is -0.160. The van der Waals surface area contributed by atoms with Gasteiger partial charge in [-0.15, -0.1) is 0 Å². The Morgan fingerprint density at radius 3 is 3.06 bits per heavy atom. The zero-order valence-electron chi connectivity index (χ0n) is 10.0. The summed E-state index contributed by atoms with van der Waals surface area (Å²) in [6, 6.07) is 0.487. The fourth-order valence-corrected chi connectivity index (χ4v) is 1.86. The second-order valence-electron chi connectivity index (χ2n) is 4.80. The third-order valence-electron chi connectivity index (χ3n) is 3.08. The summed E-state index contributed by atoms with van der Waals surface area (Å²) in [5.41, 5.74) is 0. The molecule has 0 amide bonds. The minimum absolute atomic E-state index is 0.487. The molecule has 0 radical (unpaired) electrons. The summed E-state index contributed by atoms with van der Waals surface area (Å²) in [7, 11) is 0. The third kappa shape index (κ3) is 5.25. The van der Waals surface area contributed by atoms with Crippen LogP contribution in [0.2, 0.25) is 0 Å². The molecule has 2 rings (SSSR count). The van der Waals surface area contributed by atoms with E-state index < -0.39 is 0 Å². The lowest BCUT2D eigenvalue weighted by Gasteiger charge is -2.24. The summed E-state index contributed by atoms with van der Waals surface area (Å²) < 4.78 is 11.0. The van der Waals surface area contributed by atoms with Gasteiger partial charge in [-0.3, -0.25) is 0 Å². The fraction of sp³-hybridized carbons (Fsp3) is 1.00. The minimum Gasteiger partial charge on any atom is -0.381 e. The van der Waals surface area contributed by atoms with Crippen LogP contribution in [0.1, 0.15) is 19.3 Å². The molecule has 1 aliphatic carbocycles. The van der Waals surface area contributed by atoms with Crippen LogP contribution in [0.3, 0.4) is 0 Å². The van der Waals surface area contributed by atoms with Crippen molar-refractivity contribution in [2.45, 2.75) is 25.3 Å². The van der Waals surface area contributed by atoms with Gasteiger partial charge in [-0.05, 0) is 31.7 Å². The highest BCUT2D eigenvalue weighted by molar-refractivity contribution is 4.73. The second kappa shape index (κ2) is 7.22. The van der Waals surface area contributed by atoms with Gasteiger partial charge in [0.2, 0.25) is 0 Å². The number of hydrogen-bond donors (Lipinski definition) is 2. The van der Waals surface area contributed by atoms with Crippen molar-refractivity contribution in [1.29, 1.82) is 0 Å². The first-order valence-electron chi connectivity index (χ1n) is 6.55. The first-order valence-corrected chi connectivity index (χ1v) is 6.55. The average molecular weight is 228 g/mol. The summed E-state index contributed by atoms with van der Waals surface area (Å²) in [4.78, 5) is 0. The van der Waals surface area contributed by atoms with Crippen molar-refractivity contribution in [1.82, 2.24) is 10.6 Å². The van der Waals surface area contributed by atoms with Crippen LogP contribution in [0.25, 0.3) is 0 Å². The standard InChI is InChI=1S/C12H24N2O2/c1(6-15-9-11-2-3-11)4-13-8-12-10-16-7-5-14-12/h11-14H,1-10H2. The van der Waals surface area contributed by atoms with Crippen molar-refractivity contribution >= 4 is 0 Å². The molecule has 4 heteroatoms. The van der Waals surface area contributed by atoms with Gasteiger partial charge in [0.15, 0.2) is 0 Å². The van der Waals surface area contributed by atoms with Gasteiger partial charge < -0.3 is 20.1 Å². The summed E-state index contributed by atoms with van der Waals surface area (Å²) in [5.74, 6) is 0.886. The summed E-state index contributed by atoms with van der Waals surface area (Å²) in [5, 5.41) is 6.86. The summed E-state index contributed by atoms with van der Waals surface area (Å²) >= 11 is 0. The van der Waals surface area contributed by atoms with E-state index in [1.54, 1.807) is 0 Å². The molecule has 2 aliphatic rings. The van der Waals surface area contributed by atoms with E-state index in [4.69, 9.17) is 9.47 Å². The highest BCUT2D eigenvalue weighted by Gasteiger charge is 2.20. The first-order chi connectivity index (χ1) is 7.95. The molecule has 94 valence electrons. The molecule has 1 aliphatic heterocycles. The van der Waals surface area contributed by atoms with Crippen molar-refractivity contribution in [3.05, 3.63) is 0 Å². The quantitative estimate of drug-likeness (QED) is 0.590. The Kier molecular flexibility index (Phi) is 5.55. The fourth-order valence-electron chi connectivity index (χ4n) is 1.86. The van der Waals surface area contributed by atoms with E-state index in [-0.39, 0.29) is 0 Å². The van der Waals surface area contributed by atoms with Gasteiger partial charge in [0.05, 0.1) is 13.2 Å². The predicted octanol–water partition coefficient (Wildman–Crippen LogP) is 0.381. The molecule has 0 aromatic rings. The van der Waals surface area contributed by atoms with Crippen LogP contribution >= 0.6 is 0 Å². The van der Waals surface area contributed by atoms with E-state index in [1.165, 1.54) is 12.8 Å². The van der Waals surface area contributed by atoms with Gasteiger partial charge in [-0.1, -0.05) is 0 Å². The number of nitrogens with one attached hydrogen (secondary N) is 2. The number of ether oxygens (including phenoxy) is 2. The monoisotopic (exact) mass is 228 g/mol. The lowest BCUT2D eigenvalue weighted by molar-refractivity contribution is 0.0762. The highest BCUT2D eigenvalue weighted by Crippen LogP contribution is 2.28. The van der Waals surface area contributed by atoms with Gasteiger partial charge in [0.25, 0.3) is 0 Å². The van der Waals surface area contributed by atoms with E-state index in [0.29, 0.717) is 6.04 Å². The summed E-state index contributed by atoms with van der Waals surface area (Å²) in [6.07, 6.45) is 3.87. The van der Waals surface area contributed by atoms with Crippen molar-refractivity contribution in [2.75, 3.05) is 46.1 Å². The number of hydrogen-bond acceptors (Lipinski definition) is 4. The van der Waals surface area contributed by atoms with Crippen molar-refractivity contribution < 1.29 is 9.47 Å². The molecule has 1 atom stereocenters. The number of rotatable bonds is 8. The Balaban J connectivity index is 1.33. The third-order valence-corrected chi connectivity index (χ3v) is 3.08. The molecule has 1 heterocycles. The molecule has 1 saturated carbocycles. The molecular weight excluding hydrogens is 204 g/mol. The lowest BCUT2D eigenvalue weighted by Crippen LogP contribution is -2.47. The Labute approximate surface area is 98.1 Å². The Morgan fingerprint density at radius 2 is 2.31 bits per heavy atom. The smallest absolute Gasteiger partial charge is 0.0632 e. The van der Waals surface area contributed by atoms with E-state index in [9.17, 15) is 0 Å². The van der Waals surface area contributed by atoms with Crippen LogP contribution in [0, 0.1) is 5.92 Å². The maximum atomic E-state index is 5.57.